The largest absolute Gasteiger partial charge is 0.453 e. The third kappa shape index (κ3) is 4.77. The molecule has 0 heterocycles. The molecule has 0 radical (unpaired) electrons. The Kier molecular flexibility index (Phi) is 4.51. The summed E-state index contributed by atoms with van der Waals surface area (Å²) in [5.41, 5.74) is -1.98. The summed E-state index contributed by atoms with van der Waals surface area (Å²) in [5, 5.41) is 9.36. The fraction of sp³-hybridized carbons (Fsp3) is 1.00. The summed E-state index contributed by atoms with van der Waals surface area (Å²) in [6.07, 6.45) is -6.18. The molecule has 0 fully saturated rings. The summed E-state index contributed by atoms with van der Waals surface area (Å²) in [7, 11) is 0. The summed E-state index contributed by atoms with van der Waals surface area (Å²) in [4.78, 5) is 0. The lowest BCUT2D eigenvalue weighted by atomic mass is 9.92. The predicted molar refractivity (Wildman–Crippen MR) is 45.8 cm³/mol. The van der Waals surface area contributed by atoms with Crippen LogP contribution in [-0.4, -0.2) is 22.8 Å². The van der Waals surface area contributed by atoms with Gasteiger partial charge < -0.3 is 5.11 Å². The second-order valence-corrected chi connectivity index (χ2v) is 3.98. The standard InChI is InChI=1S/C9H15F5O/c1-3-4-5-7(2,15)6-8(10,11)9(12,13)14/h15H,3-6H2,1-2H3. The van der Waals surface area contributed by atoms with E-state index in [2.05, 4.69) is 0 Å². The van der Waals surface area contributed by atoms with Gasteiger partial charge in [0.2, 0.25) is 0 Å². The van der Waals surface area contributed by atoms with Gasteiger partial charge in [0.15, 0.2) is 0 Å². The van der Waals surface area contributed by atoms with Gasteiger partial charge in [0.25, 0.3) is 0 Å². The van der Waals surface area contributed by atoms with Crippen molar-refractivity contribution in [2.45, 2.75) is 57.2 Å². The summed E-state index contributed by atoms with van der Waals surface area (Å²) in [6, 6.07) is 0. The molecule has 0 bridgehead atoms. The van der Waals surface area contributed by atoms with Crippen LogP contribution in [0.4, 0.5) is 22.0 Å². The normalized spacial score (nSPS) is 17.6. The molecule has 0 aliphatic rings. The van der Waals surface area contributed by atoms with Crippen LogP contribution in [0.25, 0.3) is 0 Å². The number of halogens is 5. The second kappa shape index (κ2) is 4.63. The lowest BCUT2D eigenvalue weighted by Gasteiger charge is -2.29. The van der Waals surface area contributed by atoms with E-state index in [1.54, 1.807) is 6.92 Å². The van der Waals surface area contributed by atoms with Gasteiger partial charge in [0, 0.05) is 6.42 Å². The highest BCUT2D eigenvalue weighted by molar-refractivity contribution is 4.85. The molecule has 1 N–H and O–H groups in total. The van der Waals surface area contributed by atoms with E-state index in [1.807, 2.05) is 0 Å². The number of hydrogen-bond acceptors (Lipinski definition) is 1. The average molecular weight is 234 g/mol. The van der Waals surface area contributed by atoms with E-state index in [4.69, 9.17) is 0 Å². The molecule has 1 atom stereocenters. The summed E-state index contributed by atoms with van der Waals surface area (Å²) < 4.78 is 60.6. The van der Waals surface area contributed by atoms with E-state index < -0.39 is 24.1 Å². The first kappa shape index (κ1) is 14.6. The van der Waals surface area contributed by atoms with E-state index >= 15 is 0 Å². The fourth-order valence-electron chi connectivity index (χ4n) is 1.22. The minimum atomic E-state index is -5.59. The molecule has 92 valence electrons. The molecule has 6 heteroatoms. The molecule has 0 amide bonds. The maximum Gasteiger partial charge on any atom is 0.453 e. The van der Waals surface area contributed by atoms with Crippen LogP contribution in [0.1, 0.15) is 39.5 Å². The summed E-state index contributed by atoms with van der Waals surface area (Å²) >= 11 is 0. The monoisotopic (exact) mass is 234 g/mol. The molecule has 1 unspecified atom stereocenters. The molecule has 15 heavy (non-hydrogen) atoms. The zero-order chi connectivity index (χ0) is 12.3. The van der Waals surface area contributed by atoms with Gasteiger partial charge in [0.1, 0.15) is 0 Å². The van der Waals surface area contributed by atoms with Crippen LogP contribution in [0.15, 0.2) is 0 Å². The Morgan fingerprint density at radius 1 is 1.07 bits per heavy atom. The highest BCUT2D eigenvalue weighted by atomic mass is 19.4. The number of unbranched alkanes of at least 4 members (excludes halogenated alkanes) is 1. The summed E-state index contributed by atoms with van der Waals surface area (Å²) in [6.45, 7) is 2.76. The Hall–Kier alpha value is -0.390. The molecule has 1 nitrogen and oxygen atoms in total. The van der Waals surface area contributed by atoms with Gasteiger partial charge in [-0.2, -0.15) is 22.0 Å². The number of hydrogen-bond donors (Lipinski definition) is 1. The Bertz CT molecular complexity index is 197. The first-order valence-electron chi connectivity index (χ1n) is 4.69. The molecular formula is C9H15F5O. The van der Waals surface area contributed by atoms with Crippen LogP contribution in [0, 0.1) is 0 Å². The highest BCUT2D eigenvalue weighted by Crippen LogP contribution is 2.41. The Morgan fingerprint density at radius 2 is 1.53 bits per heavy atom. The van der Waals surface area contributed by atoms with Crippen molar-refractivity contribution >= 4 is 0 Å². The molecule has 0 aromatic heterocycles. The molecule has 0 aromatic carbocycles. The van der Waals surface area contributed by atoms with Gasteiger partial charge in [-0.3, -0.25) is 0 Å². The van der Waals surface area contributed by atoms with Gasteiger partial charge in [-0.1, -0.05) is 19.8 Å². The maximum atomic E-state index is 12.6. The van der Waals surface area contributed by atoms with Crippen molar-refractivity contribution in [3.8, 4) is 0 Å². The minimum Gasteiger partial charge on any atom is -0.390 e. The molecular weight excluding hydrogens is 219 g/mol. The molecule has 0 aliphatic heterocycles. The highest BCUT2D eigenvalue weighted by Gasteiger charge is 2.59. The predicted octanol–water partition coefficient (Wildman–Crippen LogP) is 3.52. The van der Waals surface area contributed by atoms with Crippen LogP contribution in [-0.2, 0) is 0 Å². The van der Waals surface area contributed by atoms with Crippen molar-refractivity contribution in [2.24, 2.45) is 0 Å². The fourth-order valence-corrected chi connectivity index (χ4v) is 1.22. The third-order valence-electron chi connectivity index (χ3n) is 2.09. The lowest BCUT2D eigenvalue weighted by molar-refractivity contribution is -0.296. The molecule has 0 rings (SSSR count). The zero-order valence-corrected chi connectivity index (χ0v) is 8.67. The molecule has 0 saturated carbocycles. The third-order valence-corrected chi connectivity index (χ3v) is 2.09. The smallest absolute Gasteiger partial charge is 0.390 e. The molecule has 0 saturated heterocycles. The van der Waals surface area contributed by atoms with Crippen LogP contribution in [0.3, 0.4) is 0 Å². The summed E-state index contributed by atoms with van der Waals surface area (Å²) in [5.74, 6) is -4.83. The van der Waals surface area contributed by atoms with Crippen molar-refractivity contribution in [1.29, 1.82) is 0 Å². The van der Waals surface area contributed by atoms with Crippen LogP contribution in [0.5, 0.6) is 0 Å². The average Bonchev–Trinajstić information content (AvgIpc) is 1.96. The van der Waals surface area contributed by atoms with Crippen molar-refractivity contribution in [3.05, 3.63) is 0 Å². The van der Waals surface area contributed by atoms with Crippen LogP contribution in [0.2, 0.25) is 0 Å². The van der Waals surface area contributed by atoms with Crippen molar-refractivity contribution in [2.75, 3.05) is 0 Å². The lowest BCUT2D eigenvalue weighted by Crippen LogP contribution is -2.43. The first-order valence-corrected chi connectivity index (χ1v) is 4.69. The van der Waals surface area contributed by atoms with Crippen LogP contribution >= 0.6 is 0 Å². The Morgan fingerprint density at radius 3 is 1.87 bits per heavy atom. The quantitative estimate of drug-likeness (QED) is 0.721. The molecule has 0 aliphatic carbocycles. The van der Waals surface area contributed by atoms with E-state index in [-0.39, 0.29) is 6.42 Å². The zero-order valence-electron chi connectivity index (χ0n) is 8.67. The number of alkyl halides is 5. The van der Waals surface area contributed by atoms with Gasteiger partial charge in [-0.05, 0) is 13.3 Å². The maximum absolute atomic E-state index is 12.6. The second-order valence-electron chi connectivity index (χ2n) is 3.98. The van der Waals surface area contributed by atoms with Gasteiger partial charge in [-0.25, -0.2) is 0 Å². The van der Waals surface area contributed by atoms with E-state index in [9.17, 15) is 27.1 Å². The van der Waals surface area contributed by atoms with E-state index in [0.717, 1.165) is 6.92 Å². The minimum absolute atomic E-state index is 0.0603. The SMILES string of the molecule is CCCCC(C)(O)CC(F)(F)C(F)(F)F. The van der Waals surface area contributed by atoms with Gasteiger partial charge in [0.05, 0.1) is 5.60 Å². The van der Waals surface area contributed by atoms with Crippen molar-refractivity contribution in [1.82, 2.24) is 0 Å². The molecule has 0 aromatic rings. The van der Waals surface area contributed by atoms with Crippen LogP contribution < -0.4 is 0 Å². The van der Waals surface area contributed by atoms with Crippen molar-refractivity contribution in [3.63, 3.8) is 0 Å². The van der Waals surface area contributed by atoms with E-state index in [0.29, 0.717) is 12.8 Å². The molecule has 0 spiro atoms. The van der Waals surface area contributed by atoms with Crippen molar-refractivity contribution < 1.29 is 27.1 Å². The number of rotatable bonds is 5. The Labute approximate surface area is 85.3 Å². The first-order chi connectivity index (χ1) is 6.52. The number of aliphatic hydroxyl groups is 1. The topological polar surface area (TPSA) is 20.2 Å². The van der Waals surface area contributed by atoms with Gasteiger partial charge in [-0.15, -0.1) is 0 Å². The van der Waals surface area contributed by atoms with Gasteiger partial charge >= 0.3 is 12.1 Å². The van der Waals surface area contributed by atoms with E-state index in [1.165, 1.54) is 0 Å². The Balaban J connectivity index is 4.43.